The van der Waals surface area contributed by atoms with Crippen LogP contribution in [0.1, 0.15) is 83.1 Å². The van der Waals surface area contributed by atoms with E-state index in [1.807, 2.05) is 24.3 Å². The summed E-state index contributed by atoms with van der Waals surface area (Å²) in [5.41, 5.74) is 0.454. The molecule has 0 aliphatic heterocycles. The lowest BCUT2D eigenvalue weighted by Gasteiger charge is -2.32. The predicted molar refractivity (Wildman–Crippen MR) is 92.3 cm³/mol. The average Bonchev–Trinajstić information content (AvgIpc) is 2.55. The van der Waals surface area contributed by atoms with Gasteiger partial charge in [0.15, 0.2) is 0 Å². The Morgan fingerprint density at radius 3 is 2.23 bits per heavy atom. The lowest BCUT2D eigenvalue weighted by Crippen LogP contribution is -2.28. The van der Waals surface area contributed by atoms with Crippen LogP contribution in [0.2, 0.25) is 0 Å². The number of unbranched alkanes of at least 4 members (excludes halogenated alkanes) is 5. The van der Waals surface area contributed by atoms with Crippen LogP contribution in [0.4, 0.5) is 0 Å². The number of rotatable bonds is 9. The second kappa shape index (κ2) is 9.19. The van der Waals surface area contributed by atoms with Crippen LogP contribution in [0.25, 0.3) is 0 Å². The van der Waals surface area contributed by atoms with E-state index in [1.54, 1.807) is 0 Å². The van der Waals surface area contributed by atoms with Gasteiger partial charge in [0.05, 0.1) is 12.2 Å². The van der Waals surface area contributed by atoms with Gasteiger partial charge in [-0.15, -0.1) is 0 Å². The van der Waals surface area contributed by atoms with Gasteiger partial charge in [0.2, 0.25) is 0 Å². The molecule has 0 unspecified atom stereocenters. The van der Waals surface area contributed by atoms with Gasteiger partial charge in [-0.1, -0.05) is 70.4 Å². The Bertz CT molecular complexity index is 404. The van der Waals surface area contributed by atoms with Gasteiger partial charge in [-0.3, -0.25) is 0 Å². The van der Waals surface area contributed by atoms with Crippen molar-refractivity contribution in [3.63, 3.8) is 0 Å². The lowest BCUT2D eigenvalue weighted by molar-refractivity contribution is -0.000661. The summed E-state index contributed by atoms with van der Waals surface area (Å²) >= 11 is 0. The number of ether oxygens (including phenoxy) is 1. The highest BCUT2D eigenvalue weighted by Gasteiger charge is 2.30. The maximum absolute atomic E-state index is 10.7. The van der Waals surface area contributed by atoms with Gasteiger partial charge in [0.25, 0.3) is 0 Å². The normalized spacial score (nSPS) is 17.4. The van der Waals surface area contributed by atoms with Crippen LogP contribution in [0.3, 0.4) is 0 Å². The summed E-state index contributed by atoms with van der Waals surface area (Å²) in [6.07, 6.45) is 13.0. The highest BCUT2D eigenvalue weighted by molar-refractivity contribution is 5.31. The summed E-state index contributed by atoms with van der Waals surface area (Å²) in [6.45, 7) is 3.05. The molecule has 124 valence electrons. The molecular formula is C20H32O2. The van der Waals surface area contributed by atoms with Crippen molar-refractivity contribution in [2.45, 2.75) is 83.2 Å². The fourth-order valence-corrected chi connectivity index (χ4v) is 3.36. The molecule has 22 heavy (non-hydrogen) atoms. The summed E-state index contributed by atoms with van der Waals surface area (Å²) in [7, 11) is 0. The first-order valence-electron chi connectivity index (χ1n) is 9.20. The molecule has 1 aliphatic carbocycles. The third-order valence-electron chi connectivity index (χ3n) is 4.84. The molecule has 0 heterocycles. The van der Waals surface area contributed by atoms with Gasteiger partial charge >= 0.3 is 0 Å². The second-order valence-electron chi connectivity index (χ2n) is 6.73. The SMILES string of the molecule is CCCCCCCCOc1ccc(C2(O)CCCCC2)cc1. The second-order valence-corrected chi connectivity index (χ2v) is 6.73. The van der Waals surface area contributed by atoms with E-state index < -0.39 is 5.60 Å². The van der Waals surface area contributed by atoms with Gasteiger partial charge in [-0.25, -0.2) is 0 Å². The predicted octanol–water partition coefficient (Wildman–Crippen LogP) is 5.58. The minimum Gasteiger partial charge on any atom is -0.494 e. The Morgan fingerprint density at radius 1 is 0.909 bits per heavy atom. The maximum atomic E-state index is 10.7. The topological polar surface area (TPSA) is 29.5 Å². The van der Waals surface area contributed by atoms with Crippen LogP contribution in [0.15, 0.2) is 24.3 Å². The Morgan fingerprint density at radius 2 is 1.55 bits per heavy atom. The molecule has 1 fully saturated rings. The van der Waals surface area contributed by atoms with Crippen LogP contribution < -0.4 is 4.74 Å². The van der Waals surface area contributed by atoms with Crippen LogP contribution in [0, 0.1) is 0 Å². The van der Waals surface area contributed by atoms with E-state index in [0.717, 1.165) is 50.0 Å². The first-order chi connectivity index (χ1) is 10.7. The zero-order valence-corrected chi connectivity index (χ0v) is 14.2. The van der Waals surface area contributed by atoms with Crippen LogP contribution in [0.5, 0.6) is 5.75 Å². The van der Waals surface area contributed by atoms with Gasteiger partial charge in [0, 0.05) is 0 Å². The minimum absolute atomic E-state index is 0.601. The summed E-state index contributed by atoms with van der Waals surface area (Å²) in [5.74, 6) is 0.928. The summed E-state index contributed by atoms with van der Waals surface area (Å²) in [4.78, 5) is 0. The zero-order chi connectivity index (χ0) is 15.7. The van der Waals surface area contributed by atoms with Gasteiger partial charge in [-0.2, -0.15) is 0 Å². The van der Waals surface area contributed by atoms with Crippen molar-refractivity contribution in [2.75, 3.05) is 6.61 Å². The lowest BCUT2D eigenvalue weighted by atomic mass is 9.80. The molecule has 1 aliphatic rings. The summed E-state index contributed by atoms with van der Waals surface area (Å²) in [5, 5.41) is 10.7. The highest BCUT2D eigenvalue weighted by atomic mass is 16.5. The number of hydrogen-bond acceptors (Lipinski definition) is 2. The fraction of sp³-hybridized carbons (Fsp3) is 0.700. The molecule has 0 saturated heterocycles. The Hall–Kier alpha value is -1.02. The van der Waals surface area contributed by atoms with Crippen molar-refractivity contribution in [3.8, 4) is 5.75 Å². The van der Waals surface area contributed by atoms with Gasteiger partial charge in [-0.05, 0) is 37.0 Å². The first-order valence-corrected chi connectivity index (χ1v) is 9.20. The van der Waals surface area contributed by atoms with E-state index in [0.29, 0.717) is 0 Å². The molecule has 0 bridgehead atoms. The first kappa shape index (κ1) is 17.3. The standard InChI is InChI=1S/C20H32O2/c1-2-3-4-5-6-10-17-22-19-13-11-18(12-14-19)20(21)15-8-7-9-16-20/h11-14,21H,2-10,15-17H2,1H3. The molecule has 0 atom stereocenters. The molecule has 2 heteroatoms. The van der Waals surface area contributed by atoms with Crippen molar-refractivity contribution >= 4 is 0 Å². The molecule has 1 aromatic rings. The molecule has 0 spiro atoms. The van der Waals surface area contributed by atoms with Gasteiger partial charge in [0.1, 0.15) is 5.75 Å². The number of benzene rings is 1. The van der Waals surface area contributed by atoms with Crippen molar-refractivity contribution in [1.82, 2.24) is 0 Å². The van der Waals surface area contributed by atoms with E-state index in [-0.39, 0.29) is 0 Å². The van der Waals surface area contributed by atoms with E-state index in [4.69, 9.17) is 4.74 Å². The smallest absolute Gasteiger partial charge is 0.119 e. The molecule has 1 saturated carbocycles. The monoisotopic (exact) mass is 304 g/mol. The quantitative estimate of drug-likeness (QED) is 0.604. The minimum atomic E-state index is -0.601. The largest absolute Gasteiger partial charge is 0.494 e. The molecule has 2 rings (SSSR count). The molecule has 0 radical (unpaired) electrons. The Balaban J connectivity index is 1.70. The van der Waals surface area contributed by atoms with Crippen LogP contribution in [-0.2, 0) is 5.60 Å². The van der Waals surface area contributed by atoms with E-state index >= 15 is 0 Å². The molecule has 1 aromatic carbocycles. The van der Waals surface area contributed by atoms with Crippen LogP contribution in [-0.4, -0.2) is 11.7 Å². The van der Waals surface area contributed by atoms with Gasteiger partial charge < -0.3 is 9.84 Å². The Kier molecular flexibility index (Phi) is 7.24. The maximum Gasteiger partial charge on any atom is 0.119 e. The van der Waals surface area contributed by atoms with Crippen LogP contribution >= 0.6 is 0 Å². The number of aliphatic hydroxyl groups is 1. The molecular weight excluding hydrogens is 272 g/mol. The van der Waals surface area contributed by atoms with E-state index in [1.165, 1.54) is 38.5 Å². The Labute approximate surface area is 135 Å². The summed E-state index contributed by atoms with van der Waals surface area (Å²) in [6, 6.07) is 8.11. The van der Waals surface area contributed by atoms with Crippen molar-refractivity contribution in [3.05, 3.63) is 29.8 Å². The zero-order valence-electron chi connectivity index (χ0n) is 14.2. The fourth-order valence-electron chi connectivity index (χ4n) is 3.36. The highest BCUT2D eigenvalue weighted by Crippen LogP contribution is 2.37. The van der Waals surface area contributed by atoms with Crippen molar-refractivity contribution in [1.29, 1.82) is 0 Å². The molecule has 2 nitrogen and oxygen atoms in total. The molecule has 0 amide bonds. The third-order valence-corrected chi connectivity index (χ3v) is 4.84. The third kappa shape index (κ3) is 5.31. The summed E-state index contributed by atoms with van der Waals surface area (Å²) < 4.78 is 5.81. The van der Waals surface area contributed by atoms with E-state index in [2.05, 4.69) is 6.92 Å². The number of hydrogen-bond donors (Lipinski definition) is 1. The molecule has 0 aromatic heterocycles. The molecule has 1 N–H and O–H groups in total. The van der Waals surface area contributed by atoms with E-state index in [9.17, 15) is 5.11 Å². The average molecular weight is 304 g/mol. The van der Waals surface area contributed by atoms with Crippen molar-refractivity contribution < 1.29 is 9.84 Å². The van der Waals surface area contributed by atoms with Crippen molar-refractivity contribution in [2.24, 2.45) is 0 Å².